The molecule has 2 heterocycles. The van der Waals surface area contributed by atoms with Crippen LogP contribution in [-0.4, -0.2) is 42.2 Å². The minimum atomic E-state index is -3.64. The van der Waals surface area contributed by atoms with Gasteiger partial charge in [0.1, 0.15) is 0 Å². The lowest BCUT2D eigenvalue weighted by Gasteiger charge is -2.12. The summed E-state index contributed by atoms with van der Waals surface area (Å²) in [5.41, 5.74) is 2.52. The predicted molar refractivity (Wildman–Crippen MR) is 126 cm³/mol. The van der Waals surface area contributed by atoms with E-state index < -0.39 is 9.84 Å². The maximum atomic E-state index is 12.3. The molecule has 0 bridgehead atoms. The zero-order chi connectivity index (χ0) is 23.3. The average Bonchev–Trinajstić information content (AvgIpc) is 3.19. The summed E-state index contributed by atoms with van der Waals surface area (Å²) in [5.74, 6) is 0.464. The van der Waals surface area contributed by atoms with Gasteiger partial charge in [0.05, 0.1) is 21.3 Å². The van der Waals surface area contributed by atoms with Crippen LogP contribution >= 0.6 is 11.3 Å². The van der Waals surface area contributed by atoms with E-state index in [1.165, 1.54) is 11.3 Å². The van der Waals surface area contributed by atoms with Crippen molar-refractivity contribution in [3.63, 3.8) is 0 Å². The van der Waals surface area contributed by atoms with E-state index in [0.717, 1.165) is 33.7 Å². The molecule has 3 rings (SSSR count). The summed E-state index contributed by atoms with van der Waals surface area (Å²) >= 11 is 1.50. The van der Waals surface area contributed by atoms with Crippen molar-refractivity contribution in [2.45, 2.75) is 38.9 Å². The van der Waals surface area contributed by atoms with Crippen molar-refractivity contribution < 1.29 is 13.2 Å². The molecule has 0 fully saturated rings. The van der Waals surface area contributed by atoms with Gasteiger partial charge in [-0.15, -0.1) is 11.3 Å². The predicted octanol–water partition coefficient (Wildman–Crippen LogP) is 3.69. The number of hydrogen-bond acceptors (Lipinski definition) is 7. The van der Waals surface area contributed by atoms with Gasteiger partial charge in [0.25, 0.3) is 0 Å². The van der Waals surface area contributed by atoms with Crippen molar-refractivity contribution in [2.24, 2.45) is 5.92 Å². The van der Waals surface area contributed by atoms with E-state index in [2.05, 4.69) is 39.4 Å². The summed E-state index contributed by atoms with van der Waals surface area (Å²) in [6, 6.07) is 8.93. The van der Waals surface area contributed by atoms with Crippen molar-refractivity contribution in [1.82, 2.24) is 25.6 Å². The Morgan fingerprint density at radius 3 is 2.53 bits per heavy atom. The first kappa shape index (κ1) is 23.8. The number of thiazole rings is 1. The van der Waals surface area contributed by atoms with Crippen LogP contribution in [0, 0.1) is 5.92 Å². The second-order valence-electron chi connectivity index (χ2n) is 7.78. The first-order valence-corrected chi connectivity index (χ1v) is 13.0. The SMILES string of the molecule is CCNC(=O)NCc1ccccc1-c1cc(-c2cnc(CC(C)C)s2)nc(S(C)(=O)=O)n1. The minimum absolute atomic E-state index is 0.240. The summed E-state index contributed by atoms with van der Waals surface area (Å²) in [7, 11) is -3.64. The molecule has 0 aliphatic carbocycles. The highest BCUT2D eigenvalue weighted by atomic mass is 32.2. The van der Waals surface area contributed by atoms with Gasteiger partial charge in [-0.1, -0.05) is 38.1 Å². The van der Waals surface area contributed by atoms with Crippen molar-refractivity contribution in [3.8, 4) is 21.8 Å². The number of hydrogen-bond donors (Lipinski definition) is 2. The van der Waals surface area contributed by atoms with Crippen LogP contribution < -0.4 is 10.6 Å². The van der Waals surface area contributed by atoms with Crippen molar-refractivity contribution in [1.29, 1.82) is 0 Å². The quantitative estimate of drug-likeness (QED) is 0.482. The third kappa shape index (κ3) is 6.10. The van der Waals surface area contributed by atoms with Crippen molar-refractivity contribution in [2.75, 3.05) is 12.8 Å². The van der Waals surface area contributed by atoms with Gasteiger partial charge in [0, 0.05) is 37.5 Å². The minimum Gasteiger partial charge on any atom is -0.338 e. The number of sulfone groups is 1. The molecule has 3 aromatic rings. The van der Waals surface area contributed by atoms with Crippen LogP contribution in [0.15, 0.2) is 41.7 Å². The molecule has 10 heteroatoms. The zero-order valence-electron chi connectivity index (χ0n) is 18.5. The van der Waals surface area contributed by atoms with E-state index in [-0.39, 0.29) is 17.7 Å². The van der Waals surface area contributed by atoms with Gasteiger partial charge in [-0.05, 0) is 24.5 Å². The molecule has 0 aliphatic heterocycles. The Labute approximate surface area is 192 Å². The number of nitrogens with zero attached hydrogens (tertiary/aromatic N) is 3. The lowest BCUT2D eigenvalue weighted by molar-refractivity contribution is 0.241. The molecule has 0 saturated carbocycles. The second kappa shape index (κ2) is 10.2. The second-order valence-corrected chi connectivity index (χ2v) is 10.8. The van der Waals surface area contributed by atoms with Crippen LogP contribution in [0.3, 0.4) is 0 Å². The Bertz CT molecular complexity index is 1210. The average molecular weight is 474 g/mol. The summed E-state index contributed by atoms with van der Waals surface area (Å²) in [4.78, 5) is 25.7. The Balaban J connectivity index is 2.05. The standard InChI is InChI=1S/C22H27N5O3S2/c1-5-23-21(28)25-12-15-8-6-7-9-16(15)17-11-18(27-22(26-17)32(4,29)30)19-13-24-20(31-19)10-14(2)3/h6-9,11,13-14H,5,10,12H2,1-4H3,(H2,23,25,28). The van der Waals surface area contributed by atoms with Gasteiger partial charge in [-0.2, -0.15) is 0 Å². The van der Waals surface area contributed by atoms with Gasteiger partial charge < -0.3 is 10.6 Å². The number of rotatable bonds is 8. The molecule has 2 aromatic heterocycles. The lowest BCUT2D eigenvalue weighted by Crippen LogP contribution is -2.34. The monoisotopic (exact) mass is 473 g/mol. The molecule has 0 radical (unpaired) electrons. The molecule has 2 N–H and O–H groups in total. The molecule has 32 heavy (non-hydrogen) atoms. The van der Waals surface area contributed by atoms with E-state index in [4.69, 9.17) is 0 Å². The molecule has 0 aliphatic rings. The van der Waals surface area contributed by atoms with Gasteiger partial charge in [-0.3, -0.25) is 0 Å². The van der Waals surface area contributed by atoms with Crippen LogP contribution in [0.4, 0.5) is 4.79 Å². The van der Waals surface area contributed by atoms with Crippen LogP contribution in [0.2, 0.25) is 0 Å². The Kier molecular flexibility index (Phi) is 7.57. The molecule has 1 aromatic carbocycles. The zero-order valence-corrected chi connectivity index (χ0v) is 20.2. The topological polar surface area (TPSA) is 114 Å². The molecule has 2 amide bonds. The van der Waals surface area contributed by atoms with E-state index in [1.807, 2.05) is 31.2 Å². The van der Waals surface area contributed by atoms with Gasteiger partial charge in [-0.25, -0.2) is 28.2 Å². The fourth-order valence-electron chi connectivity index (χ4n) is 3.05. The highest BCUT2D eigenvalue weighted by Gasteiger charge is 2.19. The van der Waals surface area contributed by atoms with E-state index in [0.29, 0.717) is 23.9 Å². The fourth-order valence-corrected chi connectivity index (χ4v) is 4.67. The molecule has 0 unspecified atom stereocenters. The third-order valence-corrected chi connectivity index (χ3v) is 6.38. The molecule has 8 nitrogen and oxygen atoms in total. The molecule has 0 spiro atoms. The summed E-state index contributed by atoms with van der Waals surface area (Å²) in [6.07, 6.45) is 3.66. The molecule has 170 valence electrons. The summed E-state index contributed by atoms with van der Waals surface area (Å²) in [5, 5.41) is 6.23. The van der Waals surface area contributed by atoms with Gasteiger partial charge >= 0.3 is 6.03 Å². The normalized spacial score (nSPS) is 11.5. The van der Waals surface area contributed by atoms with Crippen LogP contribution in [-0.2, 0) is 22.8 Å². The Morgan fingerprint density at radius 1 is 1.12 bits per heavy atom. The number of carbonyl (C=O) groups excluding carboxylic acids is 1. The largest absolute Gasteiger partial charge is 0.338 e. The smallest absolute Gasteiger partial charge is 0.315 e. The van der Waals surface area contributed by atoms with Crippen molar-refractivity contribution >= 4 is 27.2 Å². The maximum absolute atomic E-state index is 12.3. The number of nitrogens with one attached hydrogen (secondary N) is 2. The number of benzene rings is 1. The van der Waals surface area contributed by atoms with Gasteiger partial charge in [0.2, 0.25) is 15.0 Å². The molecule has 0 atom stereocenters. The van der Waals surface area contributed by atoms with E-state index >= 15 is 0 Å². The number of urea groups is 1. The Hall–Kier alpha value is -2.85. The van der Waals surface area contributed by atoms with Crippen molar-refractivity contribution in [3.05, 3.63) is 47.1 Å². The van der Waals surface area contributed by atoms with Gasteiger partial charge in [0.15, 0.2) is 0 Å². The maximum Gasteiger partial charge on any atom is 0.315 e. The summed E-state index contributed by atoms with van der Waals surface area (Å²) < 4.78 is 24.6. The summed E-state index contributed by atoms with van der Waals surface area (Å²) in [6.45, 7) is 6.88. The van der Waals surface area contributed by atoms with E-state index in [1.54, 1.807) is 12.3 Å². The molecular weight excluding hydrogens is 446 g/mol. The van der Waals surface area contributed by atoms with Crippen LogP contribution in [0.1, 0.15) is 31.3 Å². The third-order valence-electron chi connectivity index (χ3n) is 4.50. The molecular formula is C22H27N5O3S2. The lowest BCUT2D eigenvalue weighted by atomic mass is 10.0. The van der Waals surface area contributed by atoms with E-state index in [9.17, 15) is 13.2 Å². The number of carbonyl (C=O) groups is 1. The Morgan fingerprint density at radius 2 is 1.84 bits per heavy atom. The number of aromatic nitrogens is 3. The number of amides is 2. The fraction of sp³-hybridized carbons (Fsp3) is 0.364. The molecule has 0 saturated heterocycles. The highest BCUT2D eigenvalue weighted by Crippen LogP contribution is 2.31. The van der Waals surface area contributed by atoms with Crippen LogP contribution in [0.5, 0.6) is 0 Å². The highest BCUT2D eigenvalue weighted by molar-refractivity contribution is 7.90. The van der Waals surface area contributed by atoms with Crippen LogP contribution in [0.25, 0.3) is 21.8 Å². The first-order chi connectivity index (χ1) is 15.2. The first-order valence-electron chi connectivity index (χ1n) is 10.3.